The number of rotatable bonds is 5. The van der Waals surface area contributed by atoms with Crippen molar-refractivity contribution in [1.29, 1.82) is 0 Å². The first-order valence-electron chi connectivity index (χ1n) is 8.12. The Bertz CT molecular complexity index is 727. The van der Waals surface area contributed by atoms with Crippen molar-refractivity contribution in [1.82, 2.24) is 15.8 Å². The number of morpholine rings is 1. The van der Waals surface area contributed by atoms with Gasteiger partial charge in [0.15, 0.2) is 5.92 Å². The molecule has 2 saturated heterocycles. The van der Waals surface area contributed by atoms with Crippen LogP contribution < -0.4 is 20.4 Å². The maximum Gasteiger partial charge on any atom is 0.335 e. The van der Waals surface area contributed by atoms with E-state index in [0.717, 1.165) is 4.90 Å². The second-order valence-electron chi connectivity index (χ2n) is 5.84. The van der Waals surface area contributed by atoms with Crippen LogP contribution in [-0.2, 0) is 14.3 Å². The van der Waals surface area contributed by atoms with Crippen LogP contribution in [0.2, 0.25) is 0 Å². The van der Waals surface area contributed by atoms with Crippen molar-refractivity contribution in [2.24, 2.45) is 5.92 Å². The fourth-order valence-electron chi connectivity index (χ4n) is 2.80. The van der Waals surface area contributed by atoms with Gasteiger partial charge in [0, 0.05) is 18.8 Å². The zero-order valence-electron chi connectivity index (χ0n) is 14.4. The van der Waals surface area contributed by atoms with Crippen LogP contribution in [0.4, 0.5) is 10.5 Å². The summed E-state index contributed by atoms with van der Waals surface area (Å²) in [6.45, 7) is 6.11. The van der Waals surface area contributed by atoms with Crippen LogP contribution in [0.3, 0.4) is 0 Å². The van der Waals surface area contributed by atoms with Crippen LogP contribution in [0, 0.1) is 5.92 Å². The van der Waals surface area contributed by atoms with Gasteiger partial charge in [0.1, 0.15) is 5.75 Å². The summed E-state index contributed by atoms with van der Waals surface area (Å²) in [6.07, 6.45) is 0. The molecule has 3 rings (SSSR count). The van der Waals surface area contributed by atoms with Crippen molar-refractivity contribution >= 4 is 23.5 Å². The van der Waals surface area contributed by atoms with Crippen molar-refractivity contribution in [2.75, 3.05) is 38.3 Å². The van der Waals surface area contributed by atoms with Crippen LogP contribution in [0.15, 0.2) is 36.5 Å². The maximum absolute atomic E-state index is 12.9. The molecular formula is C17H20N4O5. The van der Waals surface area contributed by atoms with Crippen LogP contribution in [0.25, 0.3) is 0 Å². The first-order valence-corrected chi connectivity index (χ1v) is 8.12. The van der Waals surface area contributed by atoms with Gasteiger partial charge in [0.2, 0.25) is 5.91 Å². The monoisotopic (exact) mass is 360 g/mol. The molecule has 0 bridgehead atoms. The second-order valence-corrected chi connectivity index (χ2v) is 5.84. The smallest absolute Gasteiger partial charge is 0.335 e. The molecule has 2 fully saturated rings. The average Bonchev–Trinajstić information content (AvgIpc) is 2.62. The summed E-state index contributed by atoms with van der Waals surface area (Å²) >= 11 is 0. The molecule has 26 heavy (non-hydrogen) atoms. The molecule has 0 aromatic heterocycles. The Labute approximate surface area is 150 Å². The van der Waals surface area contributed by atoms with Gasteiger partial charge in [-0.25, -0.2) is 14.7 Å². The van der Waals surface area contributed by atoms with Gasteiger partial charge >= 0.3 is 6.03 Å². The Hall–Kier alpha value is -2.91. The molecule has 2 aliphatic heterocycles. The van der Waals surface area contributed by atoms with Crippen LogP contribution >= 0.6 is 0 Å². The molecule has 0 aliphatic carbocycles. The van der Waals surface area contributed by atoms with Crippen molar-refractivity contribution in [3.63, 3.8) is 0 Å². The molecule has 2 heterocycles. The SMILES string of the molecule is C=C(NN1CCOCC1)[C@@H]1C(=O)NC(=O)N(c2ccc(OC)cc2)C1=O. The number of benzene rings is 1. The zero-order chi connectivity index (χ0) is 18.7. The third kappa shape index (κ3) is 3.53. The van der Waals surface area contributed by atoms with Gasteiger partial charge in [-0.15, -0.1) is 0 Å². The number of amides is 4. The van der Waals surface area contributed by atoms with Gasteiger partial charge in [0.25, 0.3) is 5.91 Å². The summed E-state index contributed by atoms with van der Waals surface area (Å²) < 4.78 is 10.3. The highest BCUT2D eigenvalue weighted by atomic mass is 16.5. The number of hydrogen-bond acceptors (Lipinski definition) is 7. The second kappa shape index (κ2) is 7.54. The first-order chi connectivity index (χ1) is 12.5. The van der Waals surface area contributed by atoms with E-state index in [0.29, 0.717) is 37.7 Å². The summed E-state index contributed by atoms with van der Waals surface area (Å²) in [4.78, 5) is 38.2. The number of carbonyl (C=O) groups is 3. The van der Waals surface area contributed by atoms with Crippen molar-refractivity contribution in [3.05, 3.63) is 36.5 Å². The normalized spacial score (nSPS) is 21.3. The summed E-state index contributed by atoms with van der Waals surface area (Å²) in [7, 11) is 1.52. The van der Waals surface area contributed by atoms with E-state index in [1.807, 2.05) is 5.01 Å². The van der Waals surface area contributed by atoms with E-state index in [2.05, 4.69) is 17.3 Å². The fraction of sp³-hybridized carbons (Fsp3) is 0.353. The number of barbiturate groups is 1. The number of nitrogens with zero attached hydrogens (tertiary/aromatic N) is 2. The molecule has 1 aromatic carbocycles. The average molecular weight is 360 g/mol. The number of nitrogens with one attached hydrogen (secondary N) is 2. The maximum atomic E-state index is 12.9. The highest BCUT2D eigenvalue weighted by molar-refractivity contribution is 6.28. The first kappa shape index (κ1) is 17.9. The quantitative estimate of drug-likeness (QED) is 0.726. The minimum Gasteiger partial charge on any atom is -0.497 e. The number of urea groups is 1. The summed E-state index contributed by atoms with van der Waals surface area (Å²) in [5.41, 5.74) is 3.52. The number of hydrogen-bond donors (Lipinski definition) is 2. The third-order valence-electron chi connectivity index (χ3n) is 4.15. The predicted molar refractivity (Wildman–Crippen MR) is 92.2 cm³/mol. The van der Waals surface area contributed by atoms with E-state index in [-0.39, 0.29) is 5.70 Å². The van der Waals surface area contributed by atoms with Gasteiger partial charge in [-0.05, 0) is 24.3 Å². The lowest BCUT2D eigenvalue weighted by Crippen LogP contribution is -2.60. The van der Waals surface area contributed by atoms with Gasteiger partial charge in [-0.2, -0.15) is 0 Å². The lowest BCUT2D eigenvalue weighted by molar-refractivity contribution is -0.133. The lowest BCUT2D eigenvalue weighted by Gasteiger charge is -2.34. The highest BCUT2D eigenvalue weighted by Gasteiger charge is 2.43. The van der Waals surface area contributed by atoms with Crippen molar-refractivity contribution < 1.29 is 23.9 Å². The molecule has 0 radical (unpaired) electrons. The van der Waals surface area contributed by atoms with Gasteiger partial charge < -0.3 is 14.9 Å². The molecule has 2 aliphatic rings. The number of imide groups is 2. The van der Waals surface area contributed by atoms with Crippen molar-refractivity contribution in [3.8, 4) is 5.75 Å². The topological polar surface area (TPSA) is 100 Å². The largest absolute Gasteiger partial charge is 0.497 e. The molecule has 4 amide bonds. The molecule has 9 nitrogen and oxygen atoms in total. The standard InChI is InChI=1S/C17H20N4O5/c1-11(19-20-7-9-26-10-8-20)14-15(22)18-17(24)21(16(14)23)12-3-5-13(25-2)6-4-12/h3-6,14,19H,1,7-10H2,2H3,(H,18,22,24)/t14-/m1/s1. The Kier molecular flexibility index (Phi) is 5.19. The fourth-order valence-corrected chi connectivity index (χ4v) is 2.80. The van der Waals surface area contributed by atoms with E-state index in [1.54, 1.807) is 24.3 Å². The summed E-state index contributed by atoms with van der Waals surface area (Å²) in [5, 5.41) is 4.03. The van der Waals surface area contributed by atoms with Crippen LogP contribution in [-0.4, -0.2) is 56.3 Å². The van der Waals surface area contributed by atoms with Crippen LogP contribution in [0.5, 0.6) is 5.75 Å². The highest BCUT2D eigenvalue weighted by Crippen LogP contribution is 2.25. The van der Waals surface area contributed by atoms with E-state index >= 15 is 0 Å². The predicted octanol–water partition coefficient (Wildman–Crippen LogP) is 0.245. The van der Waals surface area contributed by atoms with E-state index in [4.69, 9.17) is 9.47 Å². The molecule has 1 aromatic rings. The number of anilines is 1. The van der Waals surface area contributed by atoms with E-state index < -0.39 is 23.8 Å². The Morgan fingerprint density at radius 2 is 1.88 bits per heavy atom. The van der Waals surface area contributed by atoms with Gasteiger partial charge in [-0.3, -0.25) is 14.9 Å². The summed E-state index contributed by atoms with van der Waals surface area (Å²) in [6, 6.07) is 5.60. The molecule has 2 N–H and O–H groups in total. The Balaban J connectivity index is 1.79. The molecule has 9 heteroatoms. The van der Waals surface area contributed by atoms with Gasteiger partial charge in [-0.1, -0.05) is 6.58 Å². The van der Waals surface area contributed by atoms with Crippen LogP contribution in [0.1, 0.15) is 0 Å². The third-order valence-corrected chi connectivity index (χ3v) is 4.15. The Morgan fingerprint density at radius 1 is 1.23 bits per heavy atom. The Morgan fingerprint density at radius 3 is 2.50 bits per heavy atom. The summed E-state index contributed by atoms with van der Waals surface area (Å²) in [5.74, 6) is -1.98. The number of ether oxygens (including phenoxy) is 2. The van der Waals surface area contributed by atoms with Gasteiger partial charge in [0.05, 0.1) is 26.0 Å². The number of methoxy groups -OCH3 is 1. The molecule has 0 unspecified atom stereocenters. The van der Waals surface area contributed by atoms with E-state index in [9.17, 15) is 14.4 Å². The number of hydrazine groups is 1. The lowest BCUT2D eigenvalue weighted by atomic mass is 10.0. The molecule has 0 saturated carbocycles. The zero-order valence-corrected chi connectivity index (χ0v) is 14.4. The molecule has 138 valence electrons. The molecule has 1 atom stereocenters. The minimum absolute atomic E-state index is 0.209. The van der Waals surface area contributed by atoms with E-state index in [1.165, 1.54) is 7.11 Å². The minimum atomic E-state index is -1.21. The molecular weight excluding hydrogens is 340 g/mol. The van der Waals surface area contributed by atoms with Crippen molar-refractivity contribution in [2.45, 2.75) is 0 Å². The number of carbonyl (C=O) groups excluding carboxylic acids is 3. The molecule has 0 spiro atoms.